The Balaban J connectivity index is 1.87. The highest BCUT2D eigenvalue weighted by Gasteiger charge is 2.06. The van der Waals surface area contributed by atoms with E-state index in [1.165, 1.54) is 4.88 Å². The fraction of sp³-hybridized carbons (Fsp3) is 0.231. The number of anilines is 1. The SMILES string of the molecule is CNc1cccc(C(=O)NCCc2cccs2)n1. The summed E-state index contributed by atoms with van der Waals surface area (Å²) in [5.74, 6) is 0.560. The van der Waals surface area contributed by atoms with Crippen molar-refractivity contribution >= 4 is 23.1 Å². The van der Waals surface area contributed by atoms with Gasteiger partial charge in [0.05, 0.1) is 0 Å². The molecule has 0 saturated heterocycles. The molecule has 0 aliphatic carbocycles. The predicted octanol–water partition coefficient (Wildman–Crippen LogP) is 2.16. The molecule has 2 rings (SSSR count). The van der Waals surface area contributed by atoms with Crippen LogP contribution in [-0.4, -0.2) is 24.5 Å². The van der Waals surface area contributed by atoms with Crippen LogP contribution < -0.4 is 10.6 Å². The third-order valence-electron chi connectivity index (χ3n) is 2.47. The highest BCUT2D eigenvalue weighted by atomic mass is 32.1. The van der Waals surface area contributed by atoms with Crippen molar-refractivity contribution in [3.05, 3.63) is 46.3 Å². The molecule has 0 radical (unpaired) electrons. The Kier molecular flexibility index (Phi) is 4.30. The first-order chi connectivity index (χ1) is 8.79. The van der Waals surface area contributed by atoms with E-state index in [1.807, 2.05) is 23.6 Å². The van der Waals surface area contributed by atoms with Crippen LogP contribution in [0.3, 0.4) is 0 Å². The van der Waals surface area contributed by atoms with Gasteiger partial charge in [-0.3, -0.25) is 4.79 Å². The van der Waals surface area contributed by atoms with E-state index in [-0.39, 0.29) is 5.91 Å². The highest BCUT2D eigenvalue weighted by molar-refractivity contribution is 7.09. The van der Waals surface area contributed by atoms with E-state index in [2.05, 4.69) is 21.7 Å². The van der Waals surface area contributed by atoms with Gasteiger partial charge in [0.1, 0.15) is 11.5 Å². The summed E-state index contributed by atoms with van der Waals surface area (Å²) in [5, 5.41) is 7.81. The molecule has 0 aliphatic heterocycles. The lowest BCUT2D eigenvalue weighted by atomic mass is 10.3. The number of nitrogens with zero attached hydrogens (tertiary/aromatic N) is 1. The lowest BCUT2D eigenvalue weighted by molar-refractivity contribution is 0.0949. The zero-order valence-corrected chi connectivity index (χ0v) is 11.0. The molecule has 1 amide bonds. The molecule has 5 heteroatoms. The highest BCUT2D eigenvalue weighted by Crippen LogP contribution is 2.08. The third kappa shape index (κ3) is 3.30. The molecule has 2 N–H and O–H groups in total. The second-order valence-electron chi connectivity index (χ2n) is 3.74. The van der Waals surface area contributed by atoms with Crippen LogP contribution in [-0.2, 0) is 6.42 Å². The molecule has 4 nitrogen and oxygen atoms in total. The maximum Gasteiger partial charge on any atom is 0.269 e. The fourth-order valence-electron chi connectivity index (χ4n) is 1.55. The number of hydrogen-bond acceptors (Lipinski definition) is 4. The Morgan fingerprint density at radius 2 is 2.22 bits per heavy atom. The van der Waals surface area contributed by atoms with Crippen molar-refractivity contribution in [3.8, 4) is 0 Å². The number of carbonyl (C=O) groups excluding carboxylic acids is 1. The standard InChI is InChI=1S/C13H15N3OS/c1-14-12-6-2-5-11(16-12)13(17)15-8-7-10-4-3-9-18-10/h2-6,9H,7-8H2,1H3,(H,14,16)(H,15,17). The average molecular weight is 261 g/mol. The van der Waals surface area contributed by atoms with Gasteiger partial charge in [0.2, 0.25) is 0 Å². The van der Waals surface area contributed by atoms with Crippen LogP contribution >= 0.6 is 11.3 Å². The van der Waals surface area contributed by atoms with Crippen LogP contribution in [0.4, 0.5) is 5.82 Å². The van der Waals surface area contributed by atoms with Crippen molar-refractivity contribution in [2.45, 2.75) is 6.42 Å². The quantitative estimate of drug-likeness (QED) is 0.867. The maximum atomic E-state index is 11.8. The van der Waals surface area contributed by atoms with Crippen molar-refractivity contribution in [2.24, 2.45) is 0 Å². The van der Waals surface area contributed by atoms with Crippen LogP contribution in [0.5, 0.6) is 0 Å². The summed E-state index contributed by atoms with van der Waals surface area (Å²) in [5.41, 5.74) is 0.438. The number of aromatic nitrogens is 1. The average Bonchev–Trinajstić information content (AvgIpc) is 2.92. The molecule has 0 fully saturated rings. The number of hydrogen-bond donors (Lipinski definition) is 2. The first kappa shape index (κ1) is 12.6. The van der Waals surface area contributed by atoms with Crippen molar-refractivity contribution in [1.82, 2.24) is 10.3 Å². The molecular formula is C13H15N3OS. The largest absolute Gasteiger partial charge is 0.373 e. The molecule has 0 unspecified atom stereocenters. The first-order valence-electron chi connectivity index (χ1n) is 5.75. The van der Waals surface area contributed by atoms with Crippen molar-refractivity contribution < 1.29 is 4.79 Å². The van der Waals surface area contributed by atoms with Crippen molar-refractivity contribution in [1.29, 1.82) is 0 Å². The number of carbonyl (C=O) groups is 1. The number of pyridine rings is 1. The molecule has 2 heterocycles. The second-order valence-corrected chi connectivity index (χ2v) is 4.78. The summed E-state index contributed by atoms with van der Waals surface area (Å²) in [6.45, 7) is 0.630. The van der Waals surface area contributed by atoms with E-state index in [4.69, 9.17) is 0 Å². The fourth-order valence-corrected chi connectivity index (χ4v) is 2.25. The van der Waals surface area contributed by atoms with Crippen molar-refractivity contribution in [2.75, 3.05) is 18.9 Å². The van der Waals surface area contributed by atoms with Gasteiger partial charge in [0.25, 0.3) is 5.91 Å². The summed E-state index contributed by atoms with van der Waals surface area (Å²) in [4.78, 5) is 17.3. The zero-order chi connectivity index (χ0) is 12.8. The maximum absolute atomic E-state index is 11.8. The third-order valence-corrected chi connectivity index (χ3v) is 3.41. The normalized spacial score (nSPS) is 10.1. The molecule has 0 spiro atoms. The van der Waals surface area contributed by atoms with Gasteiger partial charge in [0.15, 0.2) is 0 Å². The monoisotopic (exact) mass is 261 g/mol. The van der Waals surface area contributed by atoms with Gasteiger partial charge in [-0.15, -0.1) is 11.3 Å². The van der Waals surface area contributed by atoms with Crippen LogP contribution in [0.25, 0.3) is 0 Å². The Hall–Kier alpha value is -1.88. The first-order valence-corrected chi connectivity index (χ1v) is 6.63. The van der Waals surface area contributed by atoms with E-state index in [1.54, 1.807) is 24.5 Å². The van der Waals surface area contributed by atoms with Gasteiger partial charge in [-0.25, -0.2) is 4.98 Å². The Morgan fingerprint density at radius 1 is 1.33 bits per heavy atom. The van der Waals surface area contributed by atoms with Gasteiger partial charge >= 0.3 is 0 Å². The summed E-state index contributed by atoms with van der Waals surface area (Å²) >= 11 is 1.70. The van der Waals surface area contributed by atoms with Crippen LogP contribution in [0.2, 0.25) is 0 Å². The topological polar surface area (TPSA) is 54.0 Å². The lowest BCUT2D eigenvalue weighted by Crippen LogP contribution is -2.26. The zero-order valence-electron chi connectivity index (χ0n) is 10.1. The molecule has 0 atom stereocenters. The van der Waals surface area contributed by atoms with Gasteiger partial charge in [0, 0.05) is 18.5 Å². The molecule has 0 aromatic carbocycles. The van der Waals surface area contributed by atoms with Gasteiger partial charge in [-0.1, -0.05) is 12.1 Å². The number of thiophene rings is 1. The summed E-state index contributed by atoms with van der Waals surface area (Å²) < 4.78 is 0. The van der Waals surface area contributed by atoms with E-state index in [0.717, 1.165) is 6.42 Å². The van der Waals surface area contributed by atoms with Gasteiger partial charge in [-0.2, -0.15) is 0 Å². The molecule has 94 valence electrons. The minimum atomic E-state index is -0.136. The molecule has 2 aromatic rings. The molecule has 0 bridgehead atoms. The Labute approximate surface area is 110 Å². The smallest absolute Gasteiger partial charge is 0.269 e. The van der Waals surface area contributed by atoms with E-state index in [9.17, 15) is 4.79 Å². The number of amides is 1. The number of nitrogens with one attached hydrogen (secondary N) is 2. The predicted molar refractivity (Wildman–Crippen MR) is 74.1 cm³/mol. The van der Waals surface area contributed by atoms with E-state index >= 15 is 0 Å². The van der Waals surface area contributed by atoms with E-state index in [0.29, 0.717) is 18.1 Å². The Bertz CT molecular complexity index is 511. The van der Waals surface area contributed by atoms with Crippen molar-refractivity contribution in [3.63, 3.8) is 0 Å². The van der Waals surface area contributed by atoms with Gasteiger partial charge in [-0.05, 0) is 30.0 Å². The molecule has 18 heavy (non-hydrogen) atoms. The molecule has 0 saturated carbocycles. The molecule has 2 aromatic heterocycles. The Morgan fingerprint density at radius 3 is 2.94 bits per heavy atom. The summed E-state index contributed by atoms with van der Waals surface area (Å²) in [6.07, 6.45) is 0.856. The van der Waals surface area contributed by atoms with Crippen LogP contribution in [0.15, 0.2) is 35.7 Å². The molecular weight excluding hydrogens is 246 g/mol. The van der Waals surface area contributed by atoms with Crippen LogP contribution in [0.1, 0.15) is 15.4 Å². The lowest BCUT2D eigenvalue weighted by Gasteiger charge is -2.05. The minimum absolute atomic E-state index is 0.136. The van der Waals surface area contributed by atoms with Gasteiger partial charge < -0.3 is 10.6 Å². The summed E-state index contributed by atoms with van der Waals surface area (Å²) in [6, 6.07) is 9.42. The van der Waals surface area contributed by atoms with Crippen LogP contribution in [0, 0.1) is 0 Å². The number of rotatable bonds is 5. The van der Waals surface area contributed by atoms with E-state index < -0.39 is 0 Å². The second kappa shape index (κ2) is 6.16. The minimum Gasteiger partial charge on any atom is -0.373 e. The summed E-state index contributed by atoms with van der Waals surface area (Å²) in [7, 11) is 1.78. The molecule has 0 aliphatic rings.